The Balaban J connectivity index is 1.35. The minimum atomic E-state index is -1.76. The van der Waals surface area contributed by atoms with Crippen LogP contribution in [0.4, 0.5) is 0 Å². The number of guanidine groups is 1. The zero-order chi connectivity index (χ0) is 28.1. The zero-order valence-electron chi connectivity index (χ0n) is 23.1. The lowest BCUT2D eigenvalue weighted by Gasteiger charge is -2.53. The molecule has 1 aromatic carbocycles. The van der Waals surface area contributed by atoms with Crippen molar-refractivity contribution >= 4 is 24.9 Å². The molecule has 0 saturated heterocycles. The molecule has 0 unspecified atom stereocenters. The number of nitrogens with zero attached hydrogens (tertiary/aromatic N) is 1. The summed E-state index contributed by atoms with van der Waals surface area (Å²) < 4.78 is 5.84. The molecule has 39 heavy (non-hydrogen) atoms. The van der Waals surface area contributed by atoms with Gasteiger partial charge in [0, 0.05) is 20.2 Å². The van der Waals surface area contributed by atoms with E-state index >= 15 is 0 Å². The molecule has 4 aliphatic carbocycles. The molecular formula is C28H44BN5O5. The largest absolute Gasteiger partial charge is 0.475 e. The maximum Gasteiger partial charge on any atom is 0.475 e. The Morgan fingerprint density at radius 1 is 1.00 bits per heavy atom. The van der Waals surface area contributed by atoms with Crippen molar-refractivity contribution < 1.29 is 24.4 Å². The molecule has 2 amide bonds. The Morgan fingerprint density at radius 3 is 2.15 bits per heavy atom. The lowest BCUT2D eigenvalue weighted by Crippen LogP contribution is -2.55. The van der Waals surface area contributed by atoms with Crippen LogP contribution in [0.1, 0.15) is 88.2 Å². The number of rotatable bonds is 12. The summed E-state index contributed by atoms with van der Waals surface area (Å²) in [6.45, 7) is 0.638. The number of nitrogens with two attached hydrogens (primary N) is 2. The lowest BCUT2D eigenvalue weighted by atomic mass is 9.56. The maximum atomic E-state index is 13.4. The Hall–Kier alpha value is -2.63. The molecule has 4 fully saturated rings. The van der Waals surface area contributed by atoms with Gasteiger partial charge in [-0.1, -0.05) is 37.1 Å². The second-order valence-corrected chi connectivity index (χ2v) is 11.8. The van der Waals surface area contributed by atoms with Crippen LogP contribution in [0.15, 0.2) is 29.3 Å². The molecule has 1 atom stereocenters. The monoisotopic (exact) mass is 541 g/mol. The van der Waals surface area contributed by atoms with E-state index in [1.165, 1.54) is 5.56 Å². The predicted molar refractivity (Wildman–Crippen MR) is 150 cm³/mol. The SMILES string of the molecule is COC12CCC(c3ccc(CNC(=O)C4(C(=O)N[C@@H](CCCN=C(N)N)B(O)O)CCCC4)cc3)(CC1)CC2. The van der Waals surface area contributed by atoms with Gasteiger partial charge in [-0.2, -0.15) is 0 Å². The fraction of sp³-hybridized carbons (Fsp3) is 0.679. The molecule has 11 heteroatoms. The van der Waals surface area contributed by atoms with Gasteiger partial charge >= 0.3 is 7.12 Å². The van der Waals surface area contributed by atoms with E-state index in [0.717, 1.165) is 56.9 Å². The van der Waals surface area contributed by atoms with Gasteiger partial charge in [0.25, 0.3) is 0 Å². The van der Waals surface area contributed by atoms with Gasteiger partial charge in [-0.15, -0.1) is 0 Å². The van der Waals surface area contributed by atoms with Crippen LogP contribution in [0, 0.1) is 5.41 Å². The number of benzene rings is 1. The van der Waals surface area contributed by atoms with E-state index in [1.54, 1.807) is 0 Å². The first-order valence-electron chi connectivity index (χ1n) is 14.3. The number of amides is 2. The van der Waals surface area contributed by atoms with Crippen LogP contribution in [0.5, 0.6) is 0 Å². The van der Waals surface area contributed by atoms with Crippen LogP contribution in [-0.2, 0) is 26.3 Å². The first-order valence-corrected chi connectivity index (χ1v) is 14.3. The van der Waals surface area contributed by atoms with Crippen LogP contribution in [-0.4, -0.2) is 60.1 Å². The van der Waals surface area contributed by atoms with Crippen molar-refractivity contribution in [2.45, 2.75) is 101 Å². The minimum absolute atomic E-state index is 0.0443. The van der Waals surface area contributed by atoms with Gasteiger partial charge in [-0.3, -0.25) is 14.6 Å². The highest BCUT2D eigenvalue weighted by atomic mass is 16.5. The molecule has 0 aromatic heterocycles. The third-order valence-corrected chi connectivity index (χ3v) is 9.60. The molecule has 0 spiro atoms. The topological polar surface area (TPSA) is 172 Å². The minimum Gasteiger partial charge on any atom is -0.426 e. The highest BCUT2D eigenvalue weighted by Gasteiger charge is 2.50. The molecule has 2 bridgehead atoms. The quantitative estimate of drug-likeness (QED) is 0.0763. The van der Waals surface area contributed by atoms with Gasteiger partial charge in [-0.25, -0.2) is 0 Å². The van der Waals surface area contributed by atoms with Gasteiger partial charge in [0.15, 0.2) is 5.96 Å². The zero-order valence-corrected chi connectivity index (χ0v) is 23.1. The van der Waals surface area contributed by atoms with Gasteiger partial charge in [0.2, 0.25) is 11.8 Å². The molecule has 8 N–H and O–H groups in total. The summed E-state index contributed by atoms with van der Waals surface area (Å²) in [4.78, 5) is 30.6. The van der Waals surface area contributed by atoms with Gasteiger partial charge in [-0.05, 0) is 80.8 Å². The Morgan fingerprint density at radius 2 is 1.62 bits per heavy atom. The first-order chi connectivity index (χ1) is 18.6. The number of ether oxygens (including phenoxy) is 1. The van der Waals surface area contributed by atoms with Crippen molar-refractivity contribution in [1.29, 1.82) is 0 Å². The number of carbonyl (C=O) groups excluding carboxylic acids is 2. The summed E-state index contributed by atoms with van der Waals surface area (Å²) in [6, 6.07) is 8.54. The number of fused-ring (bicyclic) bond motifs is 3. The molecule has 4 saturated carbocycles. The number of methoxy groups -OCH3 is 1. The van der Waals surface area contributed by atoms with Gasteiger partial charge < -0.3 is 36.9 Å². The lowest BCUT2D eigenvalue weighted by molar-refractivity contribution is -0.143. The molecule has 0 aliphatic heterocycles. The average Bonchev–Trinajstić information content (AvgIpc) is 3.46. The molecular weight excluding hydrogens is 497 g/mol. The first kappa shape index (κ1) is 29.4. The van der Waals surface area contributed by atoms with Crippen molar-refractivity contribution in [2.75, 3.05) is 13.7 Å². The second kappa shape index (κ2) is 12.3. The van der Waals surface area contributed by atoms with Crippen LogP contribution < -0.4 is 22.1 Å². The normalized spacial score (nSPS) is 26.0. The number of carbonyl (C=O) groups is 2. The summed E-state index contributed by atoms with van der Waals surface area (Å²) in [5.41, 5.74) is 12.1. The molecule has 4 aliphatic rings. The van der Waals surface area contributed by atoms with E-state index < -0.39 is 24.4 Å². The molecule has 0 heterocycles. The maximum absolute atomic E-state index is 13.4. The van der Waals surface area contributed by atoms with E-state index in [1.807, 2.05) is 7.11 Å². The third kappa shape index (κ3) is 6.41. The summed E-state index contributed by atoms with van der Waals surface area (Å²) in [5, 5.41) is 25.3. The van der Waals surface area contributed by atoms with E-state index in [-0.39, 0.29) is 29.3 Å². The van der Waals surface area contributed by atoms with Gasteiger partial charge in [0.05, 0.1) is 11.5 Å². The van der Waals surface area contributed by atoms with Crippen molar-refractivity contribution in [3.8, 4) is 0 Å². The number of hydrogen-bond donors (Lipinski definition) is 6. The third-order valence-electron chi connectivity index (χ3n) is 9.60. The predicted octanol–water partition coefficient (Wildman–Crippen LogP) is 1.40. The highest BCUT2D eigenvalue weighted by Crippen LogP contribution is 2.54. The molecule has 10 nitrogen and oxygen atoms in total. The van der Waals surface area contributed by atoms with Crippen molar-refractivity contribution in [1.82, 2.24) is 10.6 Å². The van der Waals surface area contributed by atoms with Crippen LogP contribution in [0.3, 0.4) is 0 Å². The Labute approximate surface area is 231 Å². The Bertz CT molecular complexity index is 1010. The Kier molecular flexibility index (Phi) is 9.23. The van der Waals surface area contributed by atoms with E-state index in [0.29, 0.717) is 32.4 Å². The highest BCUT2D eigenvalue weighted by molar-refractivity contribution is 6.43. The number of aliphatic imine (C=N–C) groups is 1. The van der Waals surface area contributed by atoms with E-state index in [9.17, 15) is 19.6 Å². The number of nitrogens with one attached hydrogen (secondary N) is 2. The average molecular weight is 542 g/mol. The summed E-state index contributed by atoms with van der Waals surface area (Å²) in [7, 11) is 0.0821. The summed E-state index contributed by atoms with van der Waals surface area (Å²) in [5.74, 6) is -1.74. The smallest absolute Gasteiger partial charge is 0.426 e. The summed E-state index contributed by atoms with van der Waals surface area (Å²) >= 11 is 0. The van der Waals surface area contributed by atoms with Crippen LogP contribution in [0.2, 0.25) is 0 Å². The van der Waals surface area contributed by atoms with Crippen molar-refractivity contribution in [3.63, 3.8) is 0 Å². The molecule has 1 aromatic rings. The molecule has 5 rings (SSSR count). The van der Waals surface area contributed by atoms with E-state index in [2.05, 4.69) is 39.9 Å². The summed E-state index contributed by atoms with van der Waals surface area (Å²) in [6.07, 6.45) is 9.85. The second-order valence-electron chi connectivity index (χ2n) is 11.8. The number of hydrogen-bond acceptors (Lipinski definition) is 6. The molecule has 214 valence electrons. The standard InChI is InChI=1S/C28H44BN5O5/c1-39-27-15-12-26(13-16-27,14-17-27)21-8-6-20(7-9-21)19-33-23(35)28(10-2-3-11-28)24(36)34-22(29(37)38)5-4-18-32-25(30)31/h6-9,22,37-38H,2-5,10-19H2,1H3,(H,33,35)(H,34,36)(H4,30,31,32)/t22-,26?,27?/m0/s1. The van der Waals surface area contributed by atoms with Crippen molar-refractivity contribution in [3.05, 3.63) is 35.4 Å². The fourth-order valence-electron chi connectivity index (χ4n) is 6.88. The van der Waals surface area contributed by atoms with Crippen LogP contribution >= 0.6 is 0 Å². The van der Waals surface area contributed by atoms with Gasteiger partial charge in [0.1, 0.15) is 5.41 Å². The fourth-order valence-corrected chi connectivity index (χ4v) is 6.88. The van der Waals surface area contributed by atoms with Crippen molar-refractivity contribution in [2.24, 2.45) is 21.9 Å². The van der Waals surface area contributed by atoms with Crippen LogP contribution in [0.25, 0.3) is 0 Å². The molecule has 0 radical (unpaired) electrons. The van der Waals surface area contributed by atoms with E-state index in [4.69, 9.17) is 16.2 Å².